The molecule has 0 aliphatic carbocycles. The first-order valence-corrected chi connectivity index (χ1v) is 20.7. The summed E-state index contributed by atoms with van der Waals surface area (Å²) in [6.07, 6.45) is 0. The Morgan fingerprint density at radius 3 is 1.53 bits per heavy atom. The maximum Gasteiger partial charge on any atom is 0.0541 e. The number of para-hydroxylation sites is 3. The Kier molecular flexibility index (Phi) is 7.89. The molecule has 0 fully saturated rings. The lowest BCUT2D eigenvalue weighted by molar-refractivity contribution is 1.20. The molecular formula is C58H38N2. The minimum atomic E-state index is 1.10. The van der Waals surface area contributed by atoms with Crippen molar-refractivity contribution >= 4 is 71.2 Å². The summed E-state index contributed by atoms with van der Waals surface area (Å²) >= 11 is 0. The van der Waals surface area contributed by atoms with Crippen molar-refractivity contribution in [2.75, 3.05) is 4.90 Å². The molecule has 0 aliphatic heterocycles. The highest BCUT2D eigenvalue weighted by molar-refractivity contribution is 6.27. The van der Waals surface area contributed by atoms with E-state index in [2.05, 4.69) is 240 Å². The van der Waals surface area contributed by atoms with Gasteiger partial charge in [0, 0.05) is 32.8 Å². The van der Waals surface area contributed by atoms with Crippen LogP contribution in [0.25, 0.3) is 93.2 Å². The Morgan fingerprint density at radius 2 is 0.817 bits per heavy atom. The summed E-state index contributed by atoms with van der Waals surface area (Å²) in [5, 5.41) is 10.0. The Labute approximate surface area is 348 Å². The van der Waals surface area contributed by atoms with E-state index >= 15 is 0 Å². The average molecular weight is 763 g/mol. The van der Waals surface area contributed by atoms with Crippen LogP contribution in [-0.4, -0.2) is 4.57 Å². The lowest BCUT2D eigenvalue weighted by Crippen LogP contribution is -2.12. The molecule has 2 heteroatoms. The molecule has 0 spiro atoms. The average Bonchev–Trinajstić information content (AvgIpc) is 3.66. The molecule has 1 aromatic heterocycles. The SMILES string of the molecule is c1ccc(-c2cccc(-c3ccccc3N(c3cccc(-c4ccccc4)c3)c3ccc4ccc5c(-n6c7ccccc7c7ccccc76)ccc6ccc3c4c65)c2)cc1. The Balaban J connectivity index is 1.12. The molecule has 0 saturated heterocycles. The number of benzene rings is 11. The van der Waals surface area contributed by atoms with Crippen LogP contribution in [0.1, 0.15) is 0 Å². The molecule has 0 N–H and O–H groups in total. The highest BCUT2D eigenvalue weighted by Gasteiger charge is 2.23. The Hall–Kier alpha value is -7.94. The maximum atomic E-state index is 2.48. The lowest BCUT2D eigenvalue weighted by Gasteiger charge is -2.30. The zero-order valence-corrected chi connectivity index (χ0v) is 32.8. The van der Waals surface area contributed by atoms with Crippen LogP contribution in [-0.2, 0) is 0 Å². The molecule has 0 bridgehead atoms. The molecule has 11 aromatic carbocycles. The fraction of sp³-hybridized carbons (Fsp3) is 0. The van der Waals surface area contributed by atoms with E-state index in [-0.39, 0.29) is 0 Å². The molecule has 280 valence electrons. The van der Waals surface area contributed by atoms with Gasteiger partial charge in [0.05, 0.1) is 28.1 Å². The molecule has 2 nitrogen and oxygen atoms in total. The topological polar surface area (TPSA) is 8.17 Å². The van der Waals surface area contributed by atoms with Gasteiger partial charge in [-0.15, -0.1) is 0 Å². The summed E-state index contributed by atoms with van der Waals surface area (Å²) in [6.45, 7) is 0. The Bertz CT molecular complexity index is 3490. The predicted molar refractivity (Wildman–Crippen MR) is 255 cm³/mol. The van der Waals surface area contributed by atoms with Gasteiger partial charge >= 0.3 is 0 Å². The molecule has 0 saturated carbocycles. The molecule has 0 unspecified atom stereocenters. The second-order valence-electron chi connectivity index (χ2n) is 15.7. The van der Waals surface area contributed by atoms with E-state index in [1.54, 1.807) is 0 Å². The number of fused-ring (bicyclic) bond motifs is 3. The van der Waals surface area contributed by atoms with Crippen LogP contribution in [0.2, 0.25) is 0 Å². The number of rotatable bonds is 7. The number of hydrogen-bond acceptors (Lipinski definition) is 1. The van der Waals surface area contributed by atoms with Gasteiger partial charge in [0.2, 0.25) is 0 Å². The van der Waals surface area contributed by atoms with Gasteiger partial charge in [-0.3, -0.25) is 0 Å². The Morgan fingerprint density at radius 1 is 0.300 bits per heavy atom. The smallest absolute Gasteiger partial charge is 0.0541 e. The summed E-state index contributed by atoms with van der Waals surface area (Å²) in [5.74, 6) is 0. The van der Waals surface area contributed by atoms with Crippen LogP contribution >= 0.6 is 0 Å². The largest absolute Gasteiger partial charge is 0.309 e. The van der Waals surface area contributed by atoms with Crippen molar-refractivity contribution in [2.24, 2.45) is 0 Å². The van der Waals surface area contributed by atoms with Gasteiger partial charge in [0.1, 0.15) is 0 Å². The highest BCUT2D eigenvalue weighted by atomic mass is 15.1. The van der Waals surface area contributed by atoms with E-state index in [1.165, 1.54) is 93.2 Å². The van der Waals surface area contributed by atoms with Crippen LogP contribution in [0.4, 0.5) is 17.1 Å². The van der Waals surface area contributed by atoms with Gasteiger partial charge in [-0.2, -0.15) is 0 Å². The van der Waals surface area contributed by atoms with E-state index < -0.39 is 0 Å². The highest BCUT2D eigenvalue weighted by Crippen LogP contribution is 2.48. The first-order chi connectivity index (χ1) is 29.8. The van der Waals surface area contributed by atoms with Gasteiger partial charge in [0.15, 0.2) is 0 Å². The molecule has 0 radical (unpaired) electrons. The second kappa shape index (κ2) is 13.9. The molecular weight excluding hydrogens is 725 g/mol. The van der Waals surface area contributed by atoms with Crippen molar-refractivity contribution in [1.82, 2.24) is 4.57 Å². The lowest BCUT2D eigenvalue weighted by atomic mass is 9.91. The fourth-order valence-corrected chi connectivity index (χ4v) is 9.62. The molecule has 1 heterocycles. The van der Waals surface area contributed by atoms with Gasteiger partial charge in [-0.1, -0.05) is 182 Å². The molecule has 12 aromatic rings. The molecule has 12 rings (SSSR count). The van der Waals surface area contributed by atoms with E-state index in [9.17, 15) is 0 Å². The first-order valence-electron chi connectivity index (χ1n) is 20.7. The van der Waals surface area contributed by atoms with Crippen LogP contribution in [0, 0.1) is 0 Å². The monoisotopic (exact) mass is 762 g/mol. The van der Waals surface area contributed by atoms with Crippen LogP contribution in [0.3, 0.4) is 0 Å². The molecule has 0 aliphatic rings. The third kappa shape index (κ3) is 5.42. The van der Waals surface area contributed by atoms with Crippen LogP contribution in [0.5, 0.6) is 0 Å². The van der Waals surface area contributed by atoms with Crippen molar-refractivity contribution in [3.63, 3.8) is 0 Å². The first kappa shape index (κ1) is 34.1. The molecule has 60 heavy (non-hydrogen) atoms. The number of aromatic nitrogens is 1. The quantitative estimate of drug-likeness (QED) is 0.147. The van der Waals surface area contributed by atoms with Gasteiger partial charge in [0.25, 0.3) is 0 Å². The number of anilines is 3. The fourth-order valence-electron chi connectivity index (χ4n) is 9.62. The van der Waals surface area contributed by atoms with Gasteiger partial charge < -0.3 is 9.47 Å². The van der Waals surface area contributed by atoms with Crippen molar-refractivity contribution in [2.45, 2.75) is 0 Å². The van der Waals surface area contributed by atoms with Gasteiger partial charge in [-0.25, -0.2) is 0 Å². The van der Waals surface area contributed by atoms with E-state index in [0.717, 1.165) is 17.1 Å². The number of nitrogens with zero attached hydrogens (tertiary/aromatic N) is 2. The molecule has 0 amide bonds. The van der Waals surface area contributed by atoms with Crippen molar-refractivity contribution < 1.29 is 0 Å². The van der Waals surface area contributed by atoms with Crippen molar-refractivity contribution in [3.05, 3.63) is 231 Å². The summed E-state index contributed by atoms with van der Waals surface area (Å²) in [4.78, 5) is 2.48. The van der Waals surface area contributed by atoms with Crippen molar-refractivity contribution in [3.8, 4) is 39.1 Å². The van der Waals surface area contributed by atoms with Crippen molar-refractivity contribution in [1.29, 1.82) is 0 Å². The summed E-state index contributed by atoms with van der Waals surface area (Å²) < 4.78 is 2.46. The summed E-state index contributed by atoms with van der Waals surface area (Å²) in [7, 11) is 0. The van der Waals surface area contributed by atoms with E-state index in [0.29, 0.717) is 0 Å². The minimum absolute atomic E-state index is 1.10. The standard InChI is InChI=1S/C58H38N2/c1-3-15-39(16-4-1)43-19-13-21-45(37-43)47-23-7-10-26-52(47)59(46-22-14-20-44(38-46)40-17-5-2-6-18-40)55-35-31-41-30-34-51-56(36-32-42-29-33-50(55)57(41)58(42)51)60-53-27-11-8-24-48(53)49-25-9-12-28-54(49)60/h1-38H. The minimum Gasteiger partial charge on any atom is -0.309 e. The molecule has 0 atom stereocenters. The summed E-state index contributed by atoms with van der Waals surface area (Å²) in [6, 6.07) is 84.3. The summed E-state index contributed by atoms with van der Waals surface area (Å²) in [5.41, 5.74) is 14.1. The third-order valence-corrected chi connectivity index (χ3v) is 12.3. The van der Waals surface area contributed by atoms with Crippen LogP contribution < -0.4 is 4.90 Å². The number of hydrogen-bond donors (Lipinski definition) is 0. The third-order valence-electron chi connectivity index (χ3n) is 12.3. The zero-order chi connectivity index (χ0) is 39.6. The maximum absolute atomic E-state index is 2.48. The predicted octanol–water partition coefficient (Wildman–Crippen LogP) is 16.2. The second-order valence-corrected chi connectivity index (χ2v) is 15.7. The normalized spacial score (nSPS) is 11.7. The van der Waals surface area contributed by atoms with Gasteiger partial charge in [-0.05, 0) is 97.9 Å². The van der Waals surface area contributed by atoms with E-state index in [1.807, 2.05) is 0 Å². The zero-order valence-electron chi connectivity index (χ0n) is 32.8. The van der Waals surface area contributed by atoms with Crippen LogP contribution in [0.15, 0.2) is 231 Å². The van der Waals surface area contributed by atoms with E-state index in [4.69, 9.17) is 0 Å².